The number of ether oxygens (including phenoxy) is 1. The van der Waals surface area contributed by atoms with E-state index in [-0.39, 0.29) is 4.90 Å². The van der Waals surface area contributed by atoms with Crippen molar-refractivity contribution in [3.63, 3.8) is 0 Å². The number of rotatable bonds is 7. The minimum atomic E-state index is -3.46. The van der Waals surface area contributed by atoms with Crippen molar-refractivity contribution in [3.8, 4) is 11.4 Å². The average molecular weight is 398 g/mol. The fourth-order valence-electron chi connectivity index (χ4n) is 2.57. The molecule has 0 aliphatic heterocycles. The molecule has 0 saturated heterocycles. The lowest BCUT2D eigenvalue weighted by Gasteiger charge is -2.14. The third-order valence-corrected chi connectivity index (χ3v) is 6.37. The second kappa shape index (κ2) is 8.26. The van der Waals surface area contributed by atoms with Gasteiger partial charge in [0.2, 0.25) is 0 Å². The van der Waals surface area contributed by atoms with E-state index >= 15 is 0 Å². The van der Waals surface area contributed by atoms with Gasteiger partial charge in [-0.1, -0.05) is 12.1 Å². The Balaban J connectivity index is 1.88. The van der Waals surface area contributed by atoms with Gasteiger partial charge in [0, 0.05) is 6.07 Å². The highest BCUT2D eigenvalue weighted by molar-refractivity contribution is 7.92. The zero-order valence-electron chi connectivity index (χ0n) is 15.9. The highest BCUT2D eigenvalue weighted by atomic mass is 32.2. The van der Waals surface area contributed by atoms with Gasteiger partial charge in [-0.25, -0.2) is 13.1 Å². The molecule has 0 atom stereocenters. The lowest BCUT2D eigenvalue weighted by molar-refractivity contribution is 0.415. The number of aromatic nitrogens is 2. The van der Waals surface area contributed by atoms with E-state index in [0.717, 1.165) is 11.3 Å². The molecule has 3 rings (SSSR count). The van der Waals surface area contributed by atoms with Crippen LogP contribution in [0.15, 0.2) is 70.8 Å². The van der Waals surface area contributed by atoms with Crippen LogP contribution in [0.1, 0.15) is 19.4 Å². The topological polar surface area (TPSA) is 85.6 Å². The zero-order valence-corrected chi connectivity index (χ0v) is 16.7. The highest BCUT2D eigenvalue weighted by Crippen LogP contribution is 2.25. The van der Waals surface area contributed by atoms with Gasteiger partial charge >= 0.3 is 0 Å². The Morgan fingerprint density at radius 2 is 1.82 bits per heavy atom. The normalized spacial score (nSPS) is 11.9. The van der Waals surface area contributed by atoms with E-state index < -0.39 is 15.1 Å². The first kappa shape index (κ1) is 19.6. The Labute approximate surface area is 164 Å². The van der Waals surface area contributed by atoms with Crippen LogP contribution in [0.4, 0.5) is 5.82 Å². The molecule has 0 saturated carbocycles. The standard InChI is InChI=1S/C20H22N4O3S/c1-15(2)28(25,26)19-7-5-4-6-18(19)24-20(12-13-22-24)23-21-14-16-8-10-17(27-3)11-9-16/h4-15,23H,1-3H3/b21-14+. The van der Waals surface area contributed by atoms with Gasteiger partial charge < -0.3 is 4.74 Å². The van der Waals surface area contributed by atoms with E-state index in [1.54, 1.807) is 63.7 Å². The molecule has 0 aliphatic carbocycles. The Morgan fingerprint density at radius 1 is 1.11 bits per heavy atom. The maximum absolute atomic E-state index is 12.7. The minimum absolute atomic E-state index is 0.232. The summed E-state index contributed by atoms with van der Waals surface area (Å²) in [4.78, 5) is 0.232. The molecule has 0 fully saturated rings. The summed E-state index contributed by atoms with van der Waals surface area (Å²) in [6.45, 7) is 3.32. The summed E-state index contributed by atoms with van der Waals surface area (Å²) >= 11 is 0. The molecule has 3 aromatic rings. The third-order valence-electron chi connectivity index (χ3n) is 4.17. The summed E-state index contributed by atoms with van der Waals surface area (Å²) in [5.74, 6) is 1.32. The van der Waals surface area contributed by atoms with Crippen molar-refractivity contribution in [3.05, 3.63) is 66.4 Å². The fraction of sp³-hybridized carbons (Fsp3) is 0.200. The highest BCUT2D eigenvalue weighted by Gasteiger charge is 2.24. The van der Waals surface area contributed by atoms with Gasteiger partial charge in [-0.2, -0.15) is 10.2 Å². The molecule has 1 heterocycles. The van der Waals surface area contributed by atoms with Gasteiger partial charge in [-0.05, 0) is 55.8 Å². The molecular weight excluding hydrogens is 376 g/mol. The minimum Gasteiger partial charge on any atom is -0.497 e. The molecule has 0 amide bonds. The first-order chi connectivity index (χ1) is 13.4. The van der Waals surface area contributed by atoms with Crippen molar-refractivity contribution >= 4 is 21.9 Å². The van der Waals surface area contributed by atoms with Gasteiger partial charge in [0.25, 0.3) is 0 Å². The zero-order chi connectivity index (χ0) is 20.1. The predicted octanol–water partition coefficient (Wildman–Crippen LogP) is 3.51. The van der Waals surface area contributed by atoms with Gasteiger partial charge in [0.15, 0.2) is 9.84 Å². The van der Waals surface area contributed by atoms with Crippen LogP contribution in [0.2, 0.25) is 0 Å². The van der Waals surface area contributed by atoms with E-state index in [4.69, 9.17) is 4.74 Å². The van der Waals surface area contributed by atoms with Crippen LogP contribution in [-0.4, -0.2) is 36.8 Å². The smallest absolute Gasteiger partial charge is 0.182 e. The third kappa shape index (κ3) is 4.07. The monoisotopic (exact) mass is 398 g/mol. The molecule has 0 aliphatic rings. The molecule has 0 unspecified atom stereocenters. The quantitative estimate of drug-likeness (QED) is 0.486. The lowest BCUT2D eigenvalue weighted by Crippen LogP contribution is -2.17. The van der Waals surface area contributed by atoms with Crippen molar-refractivity contribution in [2.45, 2.75) is 24.0 Å². The second-order valence-corrected chi connectivity index (χ2v) is 8.81. The molecule has 7 nitrogen and oxygen atoms in total. The van der Waals surface area contributed by atoms with Crippen molar-refractivity contribution in [1.82, 2.24) is 9.78 Å². The van der Waals surface area contributed by atoms with E-state index in [1.165, 1.54) is 4.68 Å². The van der Waals surface area contributed by atoms with Gasteiger partial charge in [0.1, 0.15) is 11.6 Å². The van der Waals surface area contributed by atoms with E-state index in [0.29, 0.717) is 11.5 Å². The van der Waals surface area contributed by atoms with Crippen LogP contribution in [0.3, 0.4) is 0 Å². The first-order valence-electron chi connectivity index (χ1n) is 8.74. The molecule has 146 valence electrons. The number of benzene rings is 2. The van der Waals surface area contributed by atoms with Gasteiger partial charge in [-0.15, -0.1) is 0 Å². The molecule has 8 heteroatoms. The van der Waals surface area contributed by atoms with Crippen LogP contribution in [0.25, 0.3) is 5.69 Å². The molecule has 0 radical (unpaired) electrons. The first-order valence-corrected chi connectivity index (χ1v) is 10.3. The van der Waals surface area contributed by atoms with Crippen LogP contribution in [0, 0.1) is 0 Å². The second-order valence-electron chi connectivity index (χ2n) is 6.33. The van der Waals surface area contributed by atoms with E-state index in [1.807, 2.05) is 24.3 Å². The number of nitrogens with zero attached hydrogens (tertiary/aromatic N) is 3. The summed E-state index contributed by atoms with van der Waals surface area (Å²) in [5, 5.41) is 7.96. The Hall–Kier alpha value is -3.13. The number of anilines is 1. The molecule has 0 spiro atoms. The SMILES string of the molecule is COc1ccc(/C=N/Nc2ccnn2-c2ccccc2S(=O)(=O)C(C)C)cc1. The molecule has 0 bridgehead atoms. The van der Waals surface area contributed by atoms with Crippen LogP contribution < -0.4 is 10.2 Å². The number of hydrogen-bond donors (Lipinski definition) is 1. The van der Waals surface area contributed by atoms with Crippen molar-refractivity contribution in [2.24, 2.45) is 5.10 Å². The molecular formula is C20H22N4O3S. The Bertz CT molecular complexity index is 1070. The number of hydrogen-bond acceptors (Lipinski definition) is 6. The van der Waals surface area contributed by atoms with Gasteiger partial charge in [-0.3, -0.25) is 5.43 Å². The summed E-state index contributed by atoms with van der Waals surface area (Å²) < 4.78 is 32.1. The van der Waals surface area contributed by atoms with Crippen molar-refractivity contribution in [1.29, 1.82) is 0 Å². The Morgan fingerprint density at radius 3 is 2.50 bits per heavy atom. The molecule has 1 N–H and O–H groups in total. The maximum atomic E-state index is 12.7. The summed E-state index contributed by atoms with van der Waals surface area (Å²) in [6.07, 6.45) is 3.25. The number of nitrogens with one attached hydrogen (secondary N) is 1. The number of hydrazone groups is 1. The molecule has 2 aromatic carbocycles. The van der Waals surface area contributed by atoms with Crippen LogP contribution in [0.5, 0.6) is 5.75 Å². The number of sulfone groups is 1. The Kier molecular flexibility index (Phi) is 5.79. The lowest BCUT2D eigenvalue weighted by atomic mass is 10.2. The largest absolute Gasteiger partial charge is 0.497 e. The van der Waals surface area contributed by atoms with Crippen LogP contribution >= 0.6 is 0 Å². The number of methoxy groups -OCH3 is 1. The van der Waals surface area contributed by atoms with Crippen LogP contribution in [-0.2, 0) is 9.84 Å². The molecule has 28 heavy (non-hydrogen) atoms. The summed E-state index contributed by atoms with van der Waals surface area (Å²) in [6, 6.07) is 16.0. The maximum Gasteiger partial charge on any atom is 0.182 e. The van der Waals surface area contributed by atoms with Crippen molar-refractivity contribution in [2.75, 3.05) is 12.5 Å². The average Bonchev–Trinajstić information content (AvgIpc) is 3.17. The fourth-order valence-corrected chi connectivity index (χ4v) is 3.79. The van der Waals surface area contributed by atoms with Gasteiger partial charge in [0.05, 0.1) is 35.4 Å². The summed E-state index contributed by atoms with van der Waals surface area (Å²) in [7, 11) is -1.85. The van der Waals surface area contributed by atoms with E-state index in [2.05, 4.69) is 15.6 Å². The molecule has 1 aromatic heterocycles. The van der Waals surface area contributed by atoms with Crippen molar-refractivity contribution < 1.29 is 13.2 Å². The van der Waals surface area contributed by atoms with E-state index in [9.17, 15) is 8.42 Å². The number of para-hydroxylation sites is 1. The predicted molar refractivity (Wildman–Crippen MR) is 110 cm³/mol. The summed E-state index contributed by atoms with van der Waals surface area (Å²) in [5.41, 5.74) is 4.29.